The van der Waals surface area contributed by atoms with Crippen LogP contribution in [-0.2, 0) is 4.79 Å². The molecule has 2 aliphatic heterocycles. The fourth-order valence-electron chi connectivity index (χ4n) is 4.51. The molecular formula is C25H25FN2O3. The quantitative estimate of drug-likeness (QED) is 0.774. The summed E-state index contributed by atoms with van der Waals surface area (Å²) in [7, 11) is 0. The van der Waals surface area contributed by atoms with Gasteiger partial charge in [-0.3, -0.25) is 9.59 Å². The van der Waals surface area contributed by atoms with E-state index in [0.29, 0.717) is 12.1 Å². The zero-order valence-electron chi connectivity index (χ0n) is 17.4. The number of piperazine rings is 1. The van der Waals surface area contributed by atoms with Crippen molar-refractivity contribution in [2.24, 2.45) is 0 Å². The summed E-state index contributed by atoms with van der Waals surface area (Å²) < 4.78 is 13.2. The van der Waals surface area contributed by atoms with E-state index in [1.807, 2.05) is 24.3 Å². The van der Waals surface area contributed by atoms with Gasteiger partial charge in [-0.25, -0.2) is 4.39 Å². The van der Waals surface area contributed by atoms with Gasteiger partial charge < -0.3 is 14.9 Å². The van der Waals surface area contributed by atoms with Crippen molar-refractivity contribution < 1.29 is 19.1 Å². The molecule has 2 heterocycles. The minimum atomic E-state index is -0.412. The lowest BCUT2D eigenvalue weighted by Crippen LogP contribution is -2.73. The normalized spacial score (nSPS) is 22.3. The Kier molecular flexibility index (Phi) is 6.06. The molecule has 0 saturated carbocycles. The minimum Gasteiger partial charge on any atom is -0.394 e. The molecule has 6 heteroatoms. The van der Waals surface area contributed by atoms with Gasteiger partial charge in [0.05, 0.1) is 18.7 Å². The van der Waals surface area contributed by atoms with Crippen LogP contribution in [0.1, 0.15) is 47.2 Å². The SMILES string of the molecule is CCCC#Cc1ccc([C@@H]2[C@@H](CO)N3C(=O)CN(C(=O)c4ccc(F)cc4)C[C@H]23)cc1. The largest absolute Gasteiger partial charge is 0.394 e. The first-order valence-electron chi connectivity index (χ1n) is 10.6. The Bertz CT molecular complexity index is 1020. The smallest absolute Gasteiger partial charge is 0.254 e. The summed E-state index contributed by atoms with van der Waals surface area (Å²) in [6.07, 6.45) is 1.87. The molecular weight excluding hydrogens is 395 g/mol. The van der Waals surface area contributed by atoms with Gasteiger partial charge in [-0.15, -0.1) is 0 Å². The highest BCUT2D eigenvalue weighted by Crippen LogP contribution is 2.43. The van der Waals surface area contributed by atoms with E-state index in [4.69, 9.17) is 0 Å². The van der Waals surface area contributed by atoms with Crippen LogP contribution in [0.2, 0.25) is 0 Å². The van der Waals surface area contributed by atoms with Crippen molar-refractivity contribution in [1.29, 1.82) is 0 Å². The Labute approximate surface area is 181 Å². The number of halogens is 1. The van der Waals surface area contributed by atoms with Crippen LogP contribution in [-0.4, -0.2) is 58.5 Å². The Hall–Kier alpha value is -3.17. The van der Waals surface area contributed by atoms with Gasteiger partial charge in [-0.05, 0) is 48.4 Å². The molecule has 3 atom stereocenters. The van der Waals surface area contributed by atoms with Crippen molar-refractivity contribution in [3.05, 3.63) is 71.0 Å². The number of nitrogens with zero attached hydrogens (tertiary/aromatic N) is 2. The van der Waals surface area contributed by atoms with Crippen molar-refractivity contribution in [3.63, 3.8) is 0 Å². The van der Waals surface area contributed by atoms with E-state index < -0.39 is 5.82 Å². The van der Waals surface area contributed by atoms with Gasteiger partial charge in [0.15, 0.2) is 0 Å². The van der Waals surface area contributed by atoms with Crippen LogP contribution in [0.25, 0.3) is 0 Å². The van der Waals surface area contributed by atoms with Crippen molar-refractivity contribution in [3.8, 4) is 11.8 Å². The standard InChI is InChI=1S/C25H25FN2O3/c1-2-3-4-5-17-6-8-18(9-7-17)24-21-14-27(15-23(30)28(21)22(24)16-29)25(31)19-10-12-20(26)13-11-19/h6-13,21-22,24,29H,2-3,14-16H2,1H3/t21-,22-,24+/m1/s1. The number of aliphatic hydroxyl groups excluding tert-OH is 1. The van der Waals surface area contributed by atoms with E-state index in [1.54, 1.807) is 4.90 Å². The highest BCUT2D eigenvalue weighted by Gasteiger charge is 2.54. The predicted octanol–water partition coefficient (Wildman–Crippen LogP) is 2.79. The highest BCUT2D eigenvalue weighted by atomic mass is 19.1. The van der Waals surface area contributed by atoms with Gasteiger partial charge in [-0.2, -0.15) is 0 Å². The van der Waals surface area contributed by atoms with Crippen LogP contribution in [0.3, 0.4) is 0 Å². The molecule has 0 radical (unpaired) electrons. The molecule has 2 aromatic carbocycles. The van der Waals surface area contributed by atoms with Gasteiger partial charge in [0.25, 0.3) is 5.91 Å². The molecule has 0 aromatic heterocycles. The van der Waals surface area contributed by atoms with E-state index in [-0.39, 0.29) is 43.0 Å². The molecule has 160 valence electrons. The van der Waals surface area contributed by atoms with Crippen LogP contribution >= 0.6 is 0 Å². The lowest BCUT2D eigenvalue weighted by molar-refractivity contribution is -0.159. The van der Waals surface area contributed by atoms with Crippen molar-refractivity contribution in [1.82, 2.24) is 9.80 Å². The first-order chi connectivity index (χ1) is 15.0. The number of hydrogen-bond acceptors (Lipinski definition) is 3. The molecule has 2 saturated heterocycles. The van der Waals surface area contributed by atoms with Crippen molar-refractivity contribution in [2.75, 3.05) is 19.7 Å². The molecule has 31 heavy (non-hydrogen) atoms. The number of fused-ring (bicyclic) bond motifs is 1. The van der Waals surface area contributed by atoms with Gasteiger partial charge in [0.1, 0.15) is 12.4 Å². The first-order valence-corrected chi connectivity index (χ1v) is 10.6. The zero-order valence-corrected chi connectivity index (χ0v) is 17.4. The molecule has 2 aliphatic rings. The number of rotatable bonds is 4. The summed E-state index contributed by atoms with van der Waals surface area (Å²) in [6.45, 7) is 2.30. The molecule has 1 N–H and O–H groups in total. The molecule has 0 aliphatic carbocycles. The maximum Gasteiger partial charge on any atom is 0.254 e. The van der Waals surface area contributed by atoms with Gasteiger partial charge >= 0.3 is 0 Å². The van der Waals surface area contributed by atoms with Crippen molar-refractivity contribution in [2.45, 2.75) is 37.8 Å². The number of benzene rings is 2. The Morgan fingerprint density at radius 3 is 2.52 bits per heavy atom. The fourth-order valence-corrected chi connectivity index (χ4v) is 4.51. The third-order valence-electron chi connectivity index (χ3n) is 6.03. The Balaban J connectivity index is 1.53. The van der Waals surface area contributed by atoms with Crippen LogP contribution < -0.4 is 0 Å². The molecule has 5 nitrogen and oxygen atoms in total. The van der Waals surface area contributed by atoms with Gasteiger partial charge in [-0.1, -0.05) is 30.9 Å². The second-order valence-corrected chi connectivity index (χ2v) is 8.01. The van der Waals surface area contributed by atoms with E-state index in [1.165, 1.54) is 29.2 Å². The second kappa shape index (κ2) is 8.91. The van der Waals surface area contributed by atoms with Crippen LogP contribution in [0.15, 0.2) is 48.5 Å². The third-order valence-corrected chi connectivity index (χ3v) is 6.03. The maximum atomic E-state index is 13.2. The number of unbranched alkanes of at least 4 members (excludes halogenated alkanes) is 1. The highest BCUT2D eigenvalue weighted by molar-refractivity contribution is 5.97. The van der Waals surface area contributed by atoms with E-state index in [9.17, 15) is 19.1 Å². The number of carbonyl (C=O) groups is 2. The van der Waals surface area contributed by atoms with E-state index in [2.05, 4.69) is 18.8 Å². The van der Waals surface area contributed by atoms with E-state index >= 15 is 0 Å². The van der Waals surface area contributed by atoms with Crippen LogP contribution in [0.5, 0.6) is 0 Å². The monoisotopic (exact) mass is 420 g/mol. The van der Waals surface area contributed by atoms with E-state index in [0.717, 1.165) is 24.0 Å². The molecule has 2 aromatic rings. The summed E-state index contributed by atoms with van der Waals surface area (Å²) in [4.78, 5) is 28.8. The average molecular weight is 420 g/mol. The Morgan fingerprint density at radius 1 is 1.16 bits per heavy atom. The van der Waals surface area contributed by atoms with Crippen molar-refractivity contribution >= 4 is 11.8 Å². The zero-order chi connectivity index (χ0) is 22.0. The molecule has 2 fully saturated rings. The number of hydrogen-bond donors (Lipinski definition) is 1. The van der Waals surface area contributed by atoms with Gasteiger partial charge in [0, 0.05) is 30.0 Å². The Morgan fingerprint density at radius 2 is 1.87 bits per heavy atom. The predicted molar refractivity (Wildman–Crippen MR) is 115 cm³/mol. The molecule has 2 amide bonds. The summed E-state index contributed by atoms with van der Waals surface area (Å²) in [5.74, 6) is 5.32. The summed E-state index contributed by atoms with van der Waals surface area (Å²) in [5.41, 5.74) is 2.30. The maximum absolute atomic E-state index is 13.2. The third kappa shape index (κ3) is 4.06. The molecule has 0 unspecified atom stereocenters. The van der Waals surface area contributed by atoms with Crippen LogP contribution in [0.4, 0.5) is 4.39 Å². The number of aliphatic hydroxyl groups is 1. The van der Waals surface area contributed by atoms with Crippen LogP contribution in [0, 0.1) is 17.7 Å². The summed E-state index contributed by atoms with van der Waals surface area (Å²) >= 11 is 0. The number of amides is 2. The second-order valence-electron chi connectivity index (χ2n) is 8.01. The molecule has 0 bridgehead atoms. The molecule has 4 rings (SSSR count). The minimum absolute atomic E-state index is 0.0398. The lowest BCUT2D eigenvalue weighted by atomic mass is 9.73. The lowest BCUT2D eigenvalue weighted by Gasteiger charge is -2.58. The topological polar surface area (TPSA) is 60.9 Å². The molecule has 0 spiro atoms. The fraction of sp³-hybridized carbons (Fsp3) is 0.360. The number of carbonyl (C=O) groups excluding carboxylic acids is 2. The van der Waals surface area contributed by atoms with Gasteiger partial charge in [0.2, 0.25) is 5.91 Å². The summed E-state index contributed by atoms with van der Waals surface area (Å²) in [6, 6.07) is 12.8. The summed E-state index contributed by atoms with van der Waals surface area (Å²) in [5, 5.41) is 9.92. The average Bonchev–Trinajstić information content (AvgIpc) is 2.76. The first kappa shape index (κ1) is 21.1.